The zero-order valence-corrected chi connectivity index (χ0v) is 20.0. The van der Waals surface area contributed by atoms with Gasteiger partial charge < -0.3 is 19.8 Å². The summed E-state index contributed by atoms with van der Waals surface area (Å²) in [4.78, 5) is 25.5. The van der Waals surface area contributed by atoms with E-state index in [1.807, 2.05) is 42.5 Å². The average Bonchev–Trinajstić information content (AvgIpc) is 2.86. The molecule has 2 N–H and O–H groups in total. The molecule has 4 heterocycles. The number of ether oxygens (including phenoxy) is 1. The molecule has 0 amide bonds. The molecule has 3 atom stereocenters. The first-order valence-electron chi connectivity index (χ1n) is 12.3. The predicted octanol–water partition coefficient (Wildman–Crippen LogP) is 3.36. The Balaban J connectivity index is 1.20. The Morgan fingerprint density at radius 1 is 1.14 bits per heavy atom. The second-order valence-corrected chi connectivity index (χ2v) is 9.61. The average molecular weight is 477 g/mol. The number of anilines is 1. The summed E-state index contributed by atoms with van der Waals surface area (Å²) in [6, 6.07) is 13.7. The zero-order valence-electron chi connectivity index (χ0n) is 20.0. The highest BCUT2D eigenvalue weighted by Crippen LogP contribution is 2.35. The molecule has 184 valence electrons. The van der Waals surface area contributed by atoms with Crippen LogP contribution in [0, 0.1) is 11.8 Å². The second-order valence-electron chi connectivity index (χ2n) is 9.61. The molecule has 2 aromatic heterocycles. The number of pyridine rings is 2. The van der Waals surface area contributed by atoms with Gasteiger partial charge in [0.2, 0.25) is 0 Å². The number of nitrogens with zero attached hydrogens (tertiary/aromatic N) is 4. The Kier molecular flexibility index (Phi) is 6.83. The summed E-state index contributed by atoms with van der Waals surface area (Å²) in [7, 11) is 1.62. The van der Waals surface area contributed by atoms with Crippen molar-refractivity contribution < 1.29 is 19.7 Å². The highest BCUT2D eigenvalue weighted by Gasteiger charge is 2.40. The van der Waals surface area contributed by atoms with E-state index in [-0.39, 0.29) is 5.92 Å². The maximum atomic E-state index is 12.2. The van der Waals surface area contributed by atoms with E-state index in [9.17, 15) is 15.0 Å². The number of aliphatic hydroxyl groups is 1. The molecule has 2 aliphatic heterocycles. The Morgan fingerprint density at radius 3 is 2.74 bits per heavy atom. The van der Waals surface area contributed by atoms with Gasteiger partial charge in [0, 0.05) is 43.5 Å². The van der Waals surface area contributed by atoms with E-state index in [0.717, 1.165) is 54.1 Å². The number of fused-ring (bicyclic) bond motifs is 1. The molecular formula is C27H32N4O4. The predicted molar refractivity (Wildman–Crippen MR) is 134 cm³/mol. The number of aromatic nitrogens is 2. The van der Waals surface area contributed by atoms with Crippen molar-refractivity contribution in [1.82, 2.24) is 14.9 Å². The number of carbonyl (C=O) groups is 1. The number of aliphatic hydroxyl groups excluding tert-OH is 1. The van der Waals surface area contributed by atoms with Crippen molar-refractivity contribution in [1.29, 1.82) is 0 Å². The number of piperidine rings is 1. The third kappa shape index (κ3) is 4.94. The highest BCUT2D eigenvalue weighted by molar-refractivity contribution is 5.83. The van der Waals surface area contributed by atoms with Crippen LogP contribution in [-0.4, -0.2) is 70.4 Å². The van der Waals surface area contributed by atoms with Gasteiger partial charge in [0.1, 0.15) is 11.6 Å². The molecule has 0 bridgehead atoms. The van der Waals surface area contributed by atoms with E-state index in [0.29, 0.717) is 25.4 Å². The Hall–Kier alpha value is -3.23. The van der Waals surface area contributed by atoms with Gasteiger partial charge in [0.25, 0.3) is 0 Å². The van der Waals surface area contributed by atoms with Crippen LogP contribution >= 0.6 is 0 Å². The molecule has 0 spiro atoms. The van der Waals surface area contributed by atoms with Crippen molar-refractivity contribution in [3.63, 3.8) is 0 Å². The zero-order chi connectivity index (χ0) is 24.4. The summed E-state index contributed by atoms with van der Waals surface area (Å²) in [6.07, 6.45) is 4.84. The third-order valence-corrected chi connectivity index (χ3v) is 7.61. The van der Waals surface area contributed by atoms with E-state index < -0.39 is 18.0 Å². The number of aliphatic carboxylic acids is 1. The molecule has 3 aromatic rings. The van der Waals surface area contributed by atoms with Gasteiger partial charge in [-0.2, -0.15) is 0 Å². The summed E-state index contributed by atoms with van der Waals surface area (Å²) in [5, 5.41) is 21.9. The maximum Gasteiger partial charge on any atom is 0.308 e. The molecule has 2 fully saturated rings. The van der Waals surface area contributed by atoms with Crippen molar-refractivity contribution in [3.8, 4) is 5.75 Å². The largest absolute Gasteiger partial charge is 0.497 e. The Bertz CT molecular complexity index is 1170. The molecule has 1 unspecified atom stereocenters. The molecule has 8 nitrogen and oxygen atoms in total. The van der Waals surface area contributed by atoms with Crippen LogP contribution in [0.5, 0.6) is 5.75 Å². The lowest BCUT2D eigenvalue weighted by molar-refractivity contribution is -0.147. The number of carboxylic acids is 1. The van der Waals surface area contributed by atoms with E-state index in [4.69, 9.17) is 4.74 Å². The van der Waals surface area contributed by atoms with Crippen molar-refractivity contribution in [2.24, 2.45) is 11.8 Å². The minimum absolute atomic E-state index is 0.0491. The number of hydrogen-bond donors (Lipinski definition) is 2. The standard InChI is InChI=1S/C27H32N4O4/c1-35-20-6-7-24-22(14-20)21(9-12-28-24)25(32)8-5-18-10-13-30(17-23(18)27(33)34)19-15-31(16-19)26-4-2-3-11-29-26/h2-4,6-7,9,11-12,14,18-19,23,25,32H,5,8,10,13,15-17H2,1H3,(H,33,34)/t18-,23+,25?/m1/s1. The molecule has 5 rings (SSSR count). The summed E-state index contributed by atoms with van der Waals surface area (Å²) < 4.78 is 5.34. The fourth-order valence-electron chi connectivity index (χ4n) is 5.49. The fourth-order valence-corrected chi connectivity index (χ4v) is 5.49. The number of hydrogen-bond acceptors (Lipinski definition) is 7. The van der Waals surface area contributed by atoms with Gasteiger partial charge in [0.05, 0.1) is 24.6 Å². The van der Waals surface area contributed by atoms with Gasteiger partial charge >= 0.3 is 5.97 Å². The molecule has 1 aromatic carbocycles. The van der Waals surface area contributed by atoms with Gasteiger partial charge in [0.15, 0.2) is 0 Å². The maximum absolute atomic E-state index is 12.2. The van der Waals surface area contributed by atoms with Crippen LogP contribution in [0.15, 0.2) is 54.9 Å². The molecule has 35 heavy (non-hydrogen) atoms. The van der Waals surface area contributed by atoms with Gasteiger partial charge in [-0.25, -0.2) is 4.98 Å². The first-order valence-corrected chi connectivity index (χ1v) is 12.3. The van der Waals surface area contributed by atoms with Crippen LogP contribution in [0.25, 0.3) is 10.9 Å². The number of carboxylic acid groups (broad SMARTS) is 1. The van der Waals surface area contributed by atoms with Crippen LogP contribution in [0.4, 0.5) is 5.82 Å². The van der Waals surface area contributed by atoms with E-state index >= 15 is 0 Å². The van der Waals surface area contributed by atoms with Crippen LogP contribution < -0.4 is 9.64 Å². The first-order chi connectivity index (χ1) is 17.0. The fraction of sp³-hybridized carbons (Fsp3) is 0.444. The van der Waals surface area contributed by atoms with E-state index in [1.165, 1.54) is 0 Å². The first kappa shape index (κ1) is 23.5. The van der Waals surface area contributed by atoms with Gasteiger partial charge in [-0.1, -0.05) is 6.07 Å². The Morgan fingerprint density at radius 2 is 2.00 bits per heavy atom. The summed E-state index contributed by atoms with van der Waals surface area (Å²) >= 11 is 0. The van der Waals surface area contributed by atoms with Crippen molar-refractivity contribution in [2.45, 2.75) is 31.4 Å². The van der Waals surface area contributed by atoms with E-state index in [2.05, 4.69) is 19.8 Å². The molecule has 0 radical (unpaired) electrons. The third-order valence-electron chi connectivity index (χ3n) is 7.61. The van der Waals surface area contributed by atoms with Crippen LogP contribution in [0.3, 0.4) is 0 Å². The van der Waals surface area contributed by atoms with Gasteiger partial charge in [-0.3, -0.25) is 14.7 Å². The SMILES string of the molecule is COc1ccc2nccc(C(O)CC[C@@H]3CCN(C4CN(c5ccccn5)C4)C[C@@H]3C(=O)O)c2c1. The molecule has 2 aliphatic rings. The van der Waals surface area contributed by atoms with Crippen molar-refractivity contribution >= 4 is 22.7 Å². The topological polar surface area (TPSA) is 99.0 Å². The molecule has 0 aliphatic carbocycles. The minimum atomic E-state index is -0.741. The highest BCUT2D eigenvalue weighted by atomic mass is 16.5. The normalized spacial score (nSPS) is 22.1. The molecule has 8 heteroatoms. The lowest BCUT2D eigenvalue weighted by Crippen LogP contribution is -2.62. The number of likely N-dealkylation sites (tertiary alicyclic amines) is 1. The smallest absolute Gasteiger partial charge is 0.308 e. The minimum Gasteiger partial charge on any atom is -0.497 e. The molecular weight excluding hydrogens is 444 g/mol. The van der Waals surface area contributed by atoms with Crippen LogP contribution in [0.2, 0.25) is 0 Å². The van der Waals surface area contributed by atoms with Crippen molar-refractivity contribution in [2.75, 3.05) is 38.2 Å². The summed E-state index contributed by atoms with van der Waals surface area (Å²) in [5.74, 6) is 0.579. The Labute approximate surface area is 205 Å². The lowest BCUT2D eigenvalue weighted by Gasteiger charge is -2.49. The number of rotatable bonds is 8. The second kappa shape index (κ2) is 10.2. The molecule has 2 saturated heterocycles. The summed E-state index contributed by atoms with van der Waals surface area (Å²) in [6.45, 7) is 3.21. The van der Waals surface area contributed by atoms with Gasteiger partial charge in [-0.15, -0.1) is 0 Å². The van der Waals surface area contributed by atoms with Crippen LogP contribution in [0.1, 0.15) is 30.9 Å². The lowest BCUT2D eigenvalue weighted by atomic mass is 9.80. The summed E-state index contributed by atoms with van der Waals surface area (Å²) in [5.41, 5.74) is 1.61. The van der Waals surface area contributed by atoms with Crippen molar-refractivity contribution in [3.05, 3.63) is 60.4 Å². The van der Waals surface area contributed by atoms with Crippen LogP contribution in [-0.2, 0) is 4.79 Å². The molecule has 0 saturated carbocycles. The van der Waals surface area contributed by atoms with Gasteiger partial charge in [-0.05, 0) is 73.7 Å². The van der Waals surface area contributed by atoms with E-state index in [1.54, 1.807) is 19.5 Å². The monoisotopic (exact) mass is 476 g/mol. The quantitative estimate of drug-likeness (QED) is 0.511. The number of methoxy groups -OCH3 is 1. The number of benzene rings is 1.